The molecular formula is C13H17N3O5. The van der Waals surface area contributed by atoms with Crippen molar-refractivity contribution in [2.24, 2.45) is 0 Å². The number of anilines is 1. The maximum atomic E-state index is 11.6. The summed E-state index contributed by atoms with van der Waals surface area (Å²) in [5.74, 6) is -0.301. The van der Waals surface area contributed by atoms with E-state index in [1.807, 2.05) is 0 Å². The first kappa shape index (κ1) is 15.2. The largest absolute Gasteiger partial charge is 0.377 e. The third kappa shape index (κ3) is 3.89. The Morgan fingerprint density at radius 3 is 2.90 bits per heavy atom. The molecule has 0 bridgehead atoms. The fraction of sp³-hybridized carbons (Fsp3) is 0.462. The molecule has 114 valence electrons. The molecule has 8 nitrogen and oxygen atoms in total. The molecule has 2 N–H and O–H groups in total. The molecule has 0 aliphatic carbocycles. The van der Waals surface area contributed by atoms with Gasteiger partial charge in [-0.25, -0.2) is 0 Å². The quantitative estimate of drug-likeness (QED) is 0.614. The van der Waals surface area contributed by atoms with Gasteiger partial charge >= 0.3 is 0 Å². The number of carbonyl (C=O) groups is 1. The minimum Gasteiger partial charge on any atom is -0.377 e. The molecule has 1 heterocycles. The Morgan fingerprint density at radius 2 is 2.29 bits per heavy atom. The first-order chi connectivity index (χ1) is 10.1. The summed E-state index contributed by atoms with van der Waals surface area (Å²) in [4.78, 5) is 22.1. The number of amides is 1. The number of nitro groups is 1. The van der Waals surface area contributed by atoms with Crippen molar-refractivity contribution in [3.05, 3.63) is 33.9 Å². The number of ether oxygens (including phenoxy) is 2. The van der Waals surface area contributed by atoms with E-state index in [0.717, 1.165) is 0 Å². The standard InChI is InChI=1S/C13H17N3O5/c1-14-13(17)9-2-3-12(16(18)19)11(6-9)15-7-10-8-20-4-5-21-10/h2-3,6,10,15H,4-5,7-8H2,1H3,(H,14,17). The number of benzene rings is 1. The molecule has 1 aliphatic heterocycles. The fourth-order valence-corrected chi connectivity index (χ4v) is 2.00. The summed E-state index contributed by atoms with van der Waals surface area (Å²) in [7, 11) is 1.50. The highest BCUT2D eigenvalue weighted by Crippen LogP contribution is 2.25. The Balaban J connectivity index is 2.13. The molecule has 1 saturated heterocycles. The van der Waals surface area contributed by atoms with Crippen LogP contribution in [0.3, 0.4) is 0 Å². The first-order valence-corrected chi connectivity index (χ1v) is 6.55. The van der Waals surface area contributed by atoms with Gasteiger partial charge in [-0.1, -0.05) is 0 Å². The minimum atomic E-state index is -0.492. The van der Waals surface area contributed by atoms with Gasteiger partial charge in [-0.3, -0.25) is 14.9 Å². The van der Waals surface area contributed by atoms with E-state index in [0.29, 0.717) is 31.9 Å². The molecule has 0 aromatic heterocycles. The van der Waals surface area contributed by atoms with Crippen LogP contribution in [0.2, 0.25) is 0 Å². The van der Waals surface area contributed by atoms with Crippen molar-refractivity contribution in [3.63, 3.8) is 0 Å². The maximum absolute atomic E-state index is 11.6. The van der Waals surface area contributed by atoms with Crippen LogP contribution >= 0.6 is 0 Å². The number of carbonyl (C=O) groups excluding carboxylic acids is 1. The summed E-state index contributed by atoms with van der Waals surface area (Å²) in [6, 6.07) is 4.19. The van der Waals surface area contributed by atoms with E-state index >= 15 is 0 Å². The number of hydrogen-bond donors (Lipinski definition) is 2. The highest BCUT2D eigenvalue weighted by atomic mass is 16.6. The summed E-state index contributed by atoms with van der Waals surface area (Å²) in [5.41, 5.74) is 0.557. The number of nitrogens with one attached hydrogen (secondary N) is 2. The average molecular weight is 295 g/mol. The van der Waals surface area contributed by atoms with Gasteiger partial charge in [0, 0.05) is 25.2 Å². The predicted octanol–water partition coefficient (Wildman–Crippen LogP) is 0.782. The van der Waals surface area contributed by atoms with E-state index in [4.69, 9.17) is 9.47 Å². The first-order valence-electron chi connectivity index (χ1n) is 6.55. The summed E-state index contributed by atoms with van der Waals surface area (Å²) in [6.45, 7) is 1.88. The summed E-state index contributed by atoms with van der Waals surface area (Å²) < 4.78 is 10.7. The molecule has 0 spiro atoms. The van der Waals surface area contributed by atoms with Crippen LogP contribution in [0.1, 0.15) is 10.4 Å². The lowest BCUT2D eigenvalue weighted by atomic mass is 10.1. The van der Waals surface area contributed by atoms with Gasteiger partial charge in [0.25, 0.3) is 11.6 Å². The fourth-order valence-electron chi connectivity index (χ4n) is 2.00. The van der Waals surface area contributed by atoms with Gasteiger partial charge in [-0.2, -0.15) is 0 Å². The van der Waals surface area contributed by atoms with Gasteiger partial charge in [0.2, 0.25) is 0 Å². The van der Waals surface area contributed by atoms with Crippen molar-refractivity contribution < 1.29 is 19.2 Å². The van der Waals surface area contributed by atoms with Crippen molar-refractivity contribution in [1.29, 1.82) is 0 Å². The summed E-state index contributed by atoms with van der Waals surface area (Å²) in [6.07, 6.45) is -0.165. The Labute approximate surface area is 121 Å². The number of nitro benzene ring substituents is 1. The van der Waals surface area contributed by atoms with Gasteiger partial charge in [-0.15, -0.1) is 0 Å². The van der Waals surface area contributed by atoms with Crippen molar-refractivity contribution in [2.45, 2.75) is 6.10 Å². The van der Waals surface area contributed by atoms with E-state index < -0.39 is 4.92 Å². The molecule has 1 fully saturated rings. The van der Waals surface area contributed by atoms with Crippen LogP contribution in [0.5, 0.6) is 0 Å². The molecule has 1 aliphatic rings. The van der Waals surface area contributed by atoms with Gasteiger partial charge < -0.3 is 20.1 Å². The maximum Gasteiger partial charge on any atom is 0.292 e. The molecule has 1 aromatic carbocycles. The van der Waals surface area contributed by atoms with E-state index in [1.54, 1.807) is 0 Å². The van der Waals surface area contributed by atoms with Crippen molar-refractivity contribution in [3.8, 4) is 0 Å². The van der Waals surface area contributed by atoms with Crippen molar-refractivity contribution >= 4 is 17.3 Å². The molecular weight excluding hydrogens is 278 g/mol. The van der Waals surface area contributed by atoms with Crippen LogP contribution < -0.4 is 10.6 Å². The smallest absolute Gasteiger partial charge is 0.292 e. The predicted molar refractivity (Wildman–Crippen MR) is 75.5 cm³/mol. The van der Waals surface area contributed by atoms with Crippen molar-refractivity contribution in [2.75, 3.05) is 38.7 Å². The highest BCUT2D eigenvalue weighted by molar-refractivity contribution is 5.95. The number of hydrogen-bond acceptors (Lipinski definition) is 6. The molecule has 1 amide bonds. The number of nitrogens with zero attached hydrogens (tertiary/aromatic N) is 1. The monoisotopic (exact) mass is 295 g/mol. The molecule has 0 saturated carbocycles. The SMILES string of the molecule is CNC(=O)c1ccc([N+](=O)[O-])c(NCC2COCCO2)c1. The second kappa shape index (κ2) is 7.00. The molecule has 0 radical (unpaired) electrons. The molecule has 8 heteroatoms. The molecule has 2 rings (SSSR count). The molecule has 21 heavy (non-hydrogen) atoms. The number of rotatable bonds is 5. The second-order valence-corrected chi connectivity index (χ2v) is 4.52. The normalized spacial score (nSPS) is 18.0. The third-order valence-electron chi connectivity index (χ3n) is 3.09. The van der Waals surface area contributed by atoms with Gasteiger partial charge in [-0.05, 0) is 12.1 Å². The highest BCUT2D eigenvalue weighted by Gasteiger charge is 2.19. The Morgan fingerprint density at radius 1 is 1.48 bits per heavy atom. The zero-order valence-corrected chi connectivity index (χ0v) is 11.6. The van der Waals surface area contributed by atoms with Crippen LogP contribution in [0, 0.1) is 10.1 Å². The topological polar surface area (TPSA) is 103 Å². The lowest BCUT2D eigenvalue weighted by Gasteiger charge is -2.23. The average Bonchev–Trinajstić information content (AvgIpc) is 2.52. The third-order valence-corrected chi connectivity index (χ3v) is 3.09. The summed E-state index contributed by atoms with van der Waals surface area (Å²) >= 11 is 0. The van der Waals surface area contributed by atoms with Crippen LogP contribution in [-0.2, 0) is 9.47 Å². The molecule has 1 unspecified atom stereocenters. The van der Waals surface area contributed by atoms with Crippen LogP contribution in [0.15, 0.2) is 18.2 Å². The Bertz CT molecular complexity index is 529. The molecule has 1 atom stereocenters. The van der Waals surface area contributed by atoms with E-state index in [2.05, 4.69) is 10.6 Å². The minimum absolute atomic E-state index is 0.0839. The van der Waals surface area contributed by atoms with Crippen molar-refractivity contribution in [1.82, 2.24) is 5.32 Å². The van der Waals surface area contributed by atoms with E-state index in [9.17, 15) is 14.9 Å². The zero-order valence-electron chi connectivity index (χ0n) is 11.6. The molecule has 1 aromatic rings. The Hall–Kier alpha value is -2.19. The second-order valence-electron chi connectivity index (χ2n) is 4.52. The van der Waals surface area contributed by atoms with Crippen LogP contribution in [0.25, 0.3) is 0 Å². The van der Waals surface area contributed by atoms with Crippen LogP contribution in [-0.4, -0.2) is 50.3 Å². The summed E-state index contributed by atoms with van der Waals surface area (Å²) in [5, 5.41) is 16.5. The van der Waals surface area contributed by atoms with Gasteiger partial charge in [0.05, 0.1) is 30.8 Å². The van der Waals surface area contributed by atoms with Crippen LogP contribution in [0.4, 0.5) is 11.4 Å². The lowest BCUT2D eigenvalue weighted by molar-refractivity contribution is -0.384. The van der Waals surface area contributed by atoms with Gasteiger partial charge in [0.1, 0.15) is 5.69 Å². The van der Waals surface area contributed by atoms with E-state index in [1.165, 1.54) is 25.2 Å². The van der Waals surface area contributed by atoms with E-state index in [-0.39, 0.29) is 23.4 Å². The zero-order chi connectivity index (χ0) is 15.2. The Kier molecular flexibility index (Phi) is 5.07. The lowest BCUT2D eigenvalue weighted by Crippen LogP contribution is -2.34. The van der Waals surface area contributed by atoms with Gasteiger partial charge in [0.15, 0.2) is 0 Å².